The molecule has 1 unspecified atom stereocenters. The summed E-state index contributed by atoms with van der Waals surface area (Å²) in [5.41, 5.74) is 2.52. The van der Waals surface area contributed by atoms with Crippen molar-refractivity contribution in [3.8, 4) is 0 Å². The van der Waals surface area contributed by atoms with Crippen LogP contribution in [0.3, 0.4) is 0 Å². The highest BCUT2D eigenvalue weighted by molar-refractivity contribution is 5.74. The molecule has 0 fully saturated rings. The molecule has 0 aliphatic carbocycles. The number of anilines is 1. The zero-order valence-electron chi connectivity index (χ0n) is 12.7. The lowest BCUT2D eigenvalue weighted by Crippen LogP contribution is -2.19. The monoisotopic (exact) mass is 311 g/mol. The second-order valence-corrected chi connectivity index (χ2v) is 5.28. The molecule has 0 radical (unpaired) electrons. The van der Waals surface area contributed by atoms with Crippen LogP contribution in [-0.2, 0) is 0 Å². The van der Waals surface area contributed by atoms with E-state index in [1.807, 2.05) is 35.0 Å². The molecular formula is C16H17N5O2. The molecule has 7 nitrogen and oxygen atoms in total. The van der Waals surface area contributed by atoms with Crippen LogP contribution in [-0.4, -0.2) is 19.9 Å². The normalized spacial score (nSPS) is 12.2. The van der Waals surface area contributed by atoms with Gasteiger partial charge < -0.3 is 5.32 Å². The van der Waals surface area contributed by atoms with Crippen LogP contribution >= 0.6 is 0 Å². The van der Waals surface area contributed by atoms with Crippen LogP contribution in [0.4, 0.5) is 11.4 Å². The topological polar surface area (TPSA) is 85.9 Å². The fraction of sp³-hybridized carbons (Fsp3) is 0.250. The highest BCUT2D eigenvalue weighted by Crippen LogP contribution is 2.24. The number of fused-ring (bicyclic) bond motifs is 1. The molecule has 1 heterocycles. The summed E-state index contributed by atoms with van der Waals surface area (Å²) in [6.45, 7) is 2.08. The molecular weight excluding hydrogens is 294 g/mol. The van der Waals surface area contributed by atoms with E-state index < -0.39 is 4.92 Å². The van der Waals surface area contributed by atoms with E-state index in [4.69, 9.17) is 0 Å². The van der Waals surface area contributed by atoms with Crippen molar-refractivity contribution < 1.29 is 4.92 Å². The van der Waals surface area contributed by atoms with Crippen LogP contribution in [0.25, 0.3) is 11.0 Å². The predicted octanol–water partition coefficient (Wildman–Crippen LogP) is 3.75. The van der Waals surface area contributed by atoms with Gasteiger partial charge in [0.1, 0.15) is 11.7 Å². The predicted molar refractivity (Wildman–Crippen MR) is 88.2 cm³/mol. The number of nitrogens with one attached hydrogen (secondary N) is 1. The number of nitro groups is 1. The highest BCUT2D eigenvalue weighted by Gasteiger charge is 2.16. The number of aromatic nitrogens is 3. The zero-order valence-corrected chi connectivity index (χ0v) is 12.7. The van der Waals surface area contributed by atoms with Crippen molar-refractivity contribution >= 4 is 22.4 Å². The molecule has 1 atom stereocenters. The number of benzene rings is 2. The standard InChI is InChI=1S/C16H17N5O2/c1-2-6-16(17-12-7-5-8-13(11-12)21(22)23)20-15-10-4-3-9-14(15)18-19-20/h3-5,7-11,16-17H,2,6H2,1H3. The summed E-state index contributed by atoms with van der Waals surface area (Å²) in [5.74, 6) is 0. The maximum atomic E-state index is 10.9. The van der Waals surface area contributed by atoms with Gasteiger partial charge >= 0.3 is 0 Å². The average Bonchev–Trinajstić information content (AvgIpc) is 2.99. The Bertz CT molecular complexity index is 830. The van der Waals surface area contributed by atoms with Gasteiger partial charge in [0.25, 0.3) is 5.69 Å². The van der Waals surface area contributed by atoms with E-state index in [-0.39, 0.29) is 11.9 Å². The average molecular weight is 311 g/mol. The lowest BCUT2D eigenvalue weighted by Gasteiger charge is -2.20. The Balaban J connectivity index is 1.93. The zero-order chi connectivity index (χ0) is 16.2. The van der Waals surface area contributed by atoms with Crippen molar-refractivity contribution in [3.63, 3.8) is 0 Å². The van der Waals surface area contributed by atoms with Crippen LogP contribution < -0.4 is 5.32 Å². The van der Waals surface area contributed by atoms with Crippen molar-refractivity contribution in [1.29, 1.82) is 0 Å². The minimum Gasteiger partial charge on any atom is -0.363 e. The molecule has 1 N–H and O–H groups in total. The van der Waals surface area contributed by atoms with Gasteiger partial charge in [0.15, 0.2) is 0 Å². The minimum atomic E-state index is -0.398. The number of hydrogen-bond acceptors (Lipinski definition) is 5. The summed E-state index contributed by atoms with van der Waals surface area (Å²) < 4.78 is 1.83. The molecule has 0 aliphatic heterocycles. The Labute approximate surface area is 133 Å². The molecule has 3 rings (SSSR count). The van der Waals surface area contributed by atoms with Gasteiger partial charge in [0.05, 0.1) is 10.4 Å². The summed E-state index contributed by atoms with van der Waals surface area (Å²) in [4.78, 5) is 10.5. The molecule has 0 aliphatic rings. The van der Waals surface area contributed by atoms with Gasteiger partial charge in [0, 0.05) is 17.8 Å². The van der Waals surface area contributed by atoms with Crippen LogP contribution in [0.15, 0.2) is 48.5 Å². The van der Waals surface area contributed by atoms with Crippen molar-refractivity contribution in [2.24, 2.45) is 0 Å². The van der Waals surface area contributed by atoms with Gasteiger partial charge in [-0.3, -0.25) is 10.1 Å². The molecule has 3 aromatic rings. The van der Waals surface area contributed by atoms with E-state index in [1.165, 1.54) is 12.1 Å². The van der Waals surface area contributed by atoms with Gasteiger partial charge in [0.2, 0.25) is 0 Å². The molecule has 0 saturated carbocycles. The minimum absolute atomic E-state index is 0.0636. The molecule has 1 aromatic heterocycles. The number of nitro benzene ring substituents is 1. The SMILES string of the molecule is CCCC(Nc1cccc([N+](=O)[O-])c1)n1nnc2ccccc21. The quantitative estimate of drug-likeness (QED) is 0.553. The second-order valence-electron chi connectivity index (χ2n) is 5.28. The highest BCUT2D eigenvalue weighted by atomic mass is 16.6. The van der Waals surface area contributed by atoms with Crippen LogP contribution in [0, 0.1) is 10.1 Å². The third kappa shape index (κ3) is 3.13. The fourth-order valence-electron chi connectivity index (χ4n) is 2.55. The fourth-order valence-corrected chi connectivity index (χ4v) is 2.55. The summed E-state index contributed by atoms with van der Waals surface area (Å²) >= 11 is 0. The van der Waals surface area contributed by atoms with Gasteiger partial charge in [-0.05, 0) is 24.6 Å². The molecule has 118 valence electrons. The Hall–Kier alpha value is -2.96. The van der Waals surface area contributed by atoms with Crippen LogP contribution in [0.1, 0.15) is 25.9 Å². The van der Waals surface area contributed by atoms with Gasteiger partial charge in [-0.2, -0.15) is 0 Å². The summed E-state index contributed by atoms with van der Waals surface area (Å²) in [6.07, 6.45) is 1.66. The third-order valence-corrected chi connectivity index (χ3v) is 3.62. The maximum Gasteiger partial charge on any atom is 0.271 e. The van der Waals surface area contributed by atoms with Crippen molar-refractivity contribution in [1.82, 2.24) is 15.0 Å². The number of non-ortho nitro benzene ring substituents is 1. The maximum absolute atomic E-state index is 10.9. The van der Waals surface area contributed by atoms with E-state index in [0.717, 1.165) is 23.9 Å². The lowest BCUT2D eigenvalue weighted by molar-refractivity contribution is -0.384. The van der Waals surface area contributed by atoms with E-state index >= 15 is 0 Å². The van der Waals surface area contributed by atoms with Crippen molar-refractivity contribution in [2.75, 3.05) is 5.32 Å². The molecule has 0 spiro atoms. The first-order chi connectivity index (χ1) is 11.2. The van der Waals surface area contributed by atoms with Gasteiger partial charge in [-0.15, -0.1) is 5.10 Å². The number of para-hydroxylation sites is 1. The smallest absolute Gasteiger partial charge is 0.271 e. The summed E-state index contributed by atoms with van der Waals surface area (Å²) in [6, 6.07) is 14.2. The Kier molecular flexibility index (Phi) is 4.18. The Morgan fingerprint density at radius 3 is 2.87 bits per heavy atom. The van der Waals surface area contributed by atoms with Crippen LogP contribution in [0.2, 0.25) is 0 Å². The van der Waals surface area contributed by atoms with Crippen molar-refractivity contribution in [2.45, 2.75) is 25.9 Å². The number of nitrogens with zero attached hydrogens (tertiary/aromatic N) is 4. The largest absolute Gasteiger partial charge is 0.363 e. The van der Waals surface area contributed by atoms with E-state index in [9.17, 15) is 10.1 Å². The third-order valence-electron chi connectivity index (χ3n) is 3.62. The molecule has 2 aromatic carbocycles. The lowest BCUT2D eigenvalue weighted by atomic mass is 10.2. The van der Waals surface area contributed by atoms with Crippen molar-refractivity contribution in [3.05, 3.63) is 58.6 Å². The van der Waals surface area contributed by atoms with E-state index in [1.54, 1.807) is 6.07 Å². The molecule has 23 heavy (non-hydrogen) atoms. The first-order valence-electron chi connectivity index (χ1n) is 7.50. The molecule has 0 bridgehead atoms. The molecule has 7 heteroatoms. The Morgan fingerprint density at radius 1 is 1.26 bits per heavy atom. The van der Waals surface area contributed by atoms with Gasteiger partial charge in [-0.25, -0.2) is 4.68 Å². The summed E-state index contributed by atoms with van der Waals surface area (Å²) in [5, 5.41) is 22.7. The summed E-state index contributed by atoms with van der Waals surface area (Å²) in [7, 11) is 0. The molecule has 0 amide bonds. The van der Waals surface area contributed by atoms with Gasteiger partial charge in [-0.1, -0.05) is 36.8 Å². The van der Waals surface area contributed by atoms with E-state index in [2.05, 4.69) is 22.6 Å². The first-order valence-corrected chi connectivity index (χ1v) is 7.50. The molecule has 0 saturated heterocycles. The van der Waals surface area contributed by atoms with Crippen LogP contribution in [0.5, 0.6) is 0 Å². The second kappa shape index (κ2) is 6.43. The first kappa shape index (κ1) is 15.0. The number of hydrogen-bond donors (Lipinski definition) is 1. The van der Waals surface area contributed by atoms with E-state index in [0.29, 0.717) is 5.69 Å². The Morgan fingerprint density at radius 2 is 2.09 bits per heavy atom. The number of rotatable bonds is 6.